The third kappa shape index (κ3) is 5.09. The monoisotopic (exact) mass is 251 g/mol. The van der Waals surface area contributed by atoms with E-state index in [9.17, 15) is 4.79 Å². The number of likely N-dealkylation sites (N-methyl/N-ethyl adjacent to an activating group) is 1. The average Bonchev–Trinajstić information content (AvgIpc) is 2.12. The number of aryl methyl sites for hydroxylation is 1. The number of nitrogen functional groups attached to an aromatic ring is 1. The molecular formula is C12H21N5O. The molecule has 0 aliphatic heterocycles. The normalized spacial score (nSPS) is 11.0. The highest BCUT2D eigenvalue weighted by Gasteiger charge is 2.10. The van der Waals surface area contributed by atoms with E-state index in [1.807, 2.05) is 32.7 Å². The summed E-state index contributed by atoms with van der Waals surface area (Å²) in [4.78, 5) is 21.8. The van der Waals surface area contributed by atoms with Gasteiger partial charge in [-0.3, -0.25) is 9.69 Å². The number of anilines is 1. The van der Waals surface area contributed by atoms with Gasteiger partial charge in [-0.2, -0.15) is 0 Å². The van der Waals surface area contributed by atoms with Crippen LogP contribution in [0.4, 0.5) is 5.82 Å². The summed E-state index contributed by atoms with van der Waals surface area (Å²) in [7, 11) is 1.85. The van der Waals surface area contributed by atoms with Crippen molar-refractivity contribution in [3.05, 3.63) is 17.6 Å². The van der Waals surface area contributed by atoms with Crippen LogP contribution in [0, 0.1) is 6.92 Å². The predicted molar refractivity (Wildman–Crippen MR) is 70.8 cm³/mol. The third-order valence-corrected chi connectivity index (χ3v) is 2.19. The lowest BCUT2D eigenvalue weighted by molar-refractivity contribution is -0.122. The molecule has 0 spiro atoms. The molecule has 0 radical (unpaired) electrons. The topological polar surface area (TPSA) is 84.1 Å². The van der Waals surface area contributed by atoms with Gasteiger partial charge in [-0.05, 0) is 27.8 Å². The minimum Gasteiger partial charge on any atom is -0.384 e. The second-order valence-corrected chi connectivity index (χ2v) is 4.74. The van der Waals surface area contributed by atoms with Gasteiger partial charge >= 0.3 is 0 Å². The smallest absolute Gasteiger partial charge is 0.234 e. The van der Waals surface area contributed by atoms with Crippen molar-refractivity contribution < 1.29 is 4.79 Å². The number of nitrogens with zero attached hydrogens (tertiary/aromatic N) is 3. The van der Waals surface area contributed by atoms with Crippen LogP contribution in [0.1, 0.15) is 25.4 Å². The lowest BCUT2D eigenvalue weighted by atomic mass is 10.3. The molecule has 6 heteroatoms. The van der Waals surface area contributed by atoms with Crippen molar-refractivity contribution in [3.8, 4) is 0 Å². The van der Waals surface area contributed by atoms with Crippen molar-refractivity contribution in [2.45, 2.75) is 33.4 Å². The fraction of sp³-hybridized carbons (Fsp3) is 0.583. The molecule has 0 aliphatic rings. The standard InChI is InChI=1S/C12H21N5O/c1-8(2)14-12(18)7-17(4)6-11-15-9(3)5-10(13)16-11/h5,8H,6-7H2,1-4H3,(H,14,18)(H2,13,15,16). The van der Waals surface area contributed by atoms with E-state index in [1.165, 1.54) is 0 Å². The first-order valence-electron chi connectivity index (χ1n) is 5.94. The Bertz CT molecular complexity index is 399. The number of amides is 1. The molecule has 0 aromatic carbocycles. The maximum Gasteiger partial charge on any atom is 0.234 e. The summed E-state index contributed by atoms with van der Waals surface area (Å²) in [6.45, 7) is 6.55. The van der Waals surface area contributed by atoms with Crippen LogP contribution in [0.5, 0.6) is 0 Å². The lowest BCUT2D eigenvalue weighted by Gasteiger charge is -2.16. The molecule has 0 atom stereocenters. The maximum absolute atomic E-state index is 11.6. The molecule has 1 rings (SSSR count). The van der Waals surface area contributed by atoms with Crippen LogP contribution >= 0.6 is 0 Å². The molecule has 0 saturated heterocycles. The molecule has 6 nitrogen and oxygen atoms in total. The molecule has 0 fully saturated rings. The fourth-order valence-electron chi connectivity index (χ4n) is 1.64. The number of rotatable bonds is 5. The first kappa shape index (κ1) is 14.4. The molecular weight excluding hydrogens is 230 g/mol. The van der Waals surface area contributed by atoms with Crippen LogP contribution in [-0.4, -0.2) is 40.4 Å². The molecule has 0 bridgehead atoms. The largest absolute Gasteiger partial charge is 0.384 e. The fourth-order valence-corrected chi connectivity index (χ4v) is 1.64. The number of hydrogen-bond donors (Lipinski definition) is 2. The van der Waals surface area contributed by atoms with Crippen LogP contribution < -0.4 is 11.1 Å². The Labute approximate surface area is 108 Å². The van der Waals surface area contributed by atoms with Crippen LogP contribution in [0.3, 0.4) is 0 Å². The van der Waals surface area contributed by atoms with Crippen molar-refractivity contribution in [1.82, 2.24) is 20.2 Å². The van der Waals surface area contributed by atoms with Gasteiger partial charge in [0.25, 0.3) is 0 Å². The molecule has 1 amide bonds. The Morgan fingerprint density at radius 2 is 2.17 bits per heavy atom. The second kappa shape index (κ2) is 6.30. The summed E-state index contributed by atoms with van der Waals surface area (Å²) in [6, 6.07) is 1.87. The number of hydrogen-bond acceptors (Lipinski definition) is 5. The number of aromatic nitrogens is 2. The summed E-state index contributed by atoms with van der Waals surface area (Å²) < 4.78 is 0. The van der Waals surface area contributed by atoms with Gasteiger partial charge in [-0.15, -0.1) is 0 Å². The van der Waals surface area contributed by atoms with Crippen molar-refractivity contribution in [2.24, 2.45) is 0 Å². The minimum absolute atomic E-state index is 0.00637. The summed E-state index contributed by atoms with van der Waals surface area (Å²) in [5.74, 6) is 1.08. The van der Waals surface area contributed by atoms with E-state index >= 15 is 0 Å². The van der Waals surface area contributed by atoms with E-state index < -0.39 is 0 Å². The average molecular weight is 251 g/mol. The Balaban J connectivity index is 2.53. The van der Waals surface area contributed by atoms with Gasteiger partial charge in [0.15, 0.2) is 0 Å². The number of carbonyl (C=O) groups excluding carboxylic acids is 1. The van der Waals surface area contributed by atoms with E-state index in [0.717, 1.165) is 5.69 Å². The Kier molecular flexibility index (Phi) is 5.03. The molecule has 0 saturated carbocycles. The first-order chi connectivity index (χ1) is 8.36. The first-order valence-corrected chi connectivity index (χ1v) is 5.94. The van der Waals surface area contributed by atoms with Crippen LogP contribution in [0.2, 0.25) is 0 Å². The van der Waals surface area contributed by atoms with Gasteiger partial charge in [0.05, 0.1) is 13.1 Å². The summed E-state index contributed by atoms with van der Waals surface area (Å²) in [5, 5.41) is 2.84. The van der Waals surface area contributed by atoms with Crippen molar-refractivity contribution in [2.75, 3.05) is 19.3 Å². The molecule has 1 aromatic rings. The molecule has 1 aromatic heterocycles. The van der Waals surface area contributed by atoms with E-state index in [1.54, 1.807) is 6.07 Å². The molecule has 100 valence electrons. The van der Waals surface area contributed by atoms with E-state index in [4.69, 9.17) is 5.73 Å². The maximum atomic E-state index is 11.6. The van der Waals surface area contributed by atoms with Crippen LogP contribution in [0.15, 0.2) is 6.07 Å². The van der Waals surface area contributed by atoms with Crippen LogP contribution in [0.25, 0.3) is 0 Å². The highest BCUT2D eigenvalue weighted by atomic mass is 16.2. The van der Waals surface area contributed by atoms with Crippen LogP contribution in [-0.2, 0) is 11.3 Å². The highest BCUT2D eigenvalue weighted by Crippen LogP contribution is 2.03. The quantitative estimate of drug-likeness (QED) is 0.787. The van der Waals surface area contributed by atoms with Gasteiger partial charge < -0.3 is 11.1 Å². The molecule has 0 aliphatic carbocycles. The Hall–Kier alpha value is -1.69. The number of nitrogens with one attached hydrogen (secondary N) is 1. The second-order valence-electron chi connectivity index (χ2n) is 4.74. The van der Waals surface area contributed by atoms with Gasteiger partial charge in [0.1, 0.15) is 11.6 Å². The van der Waals surface area contributed by atoms with Crippen molar-refractivity contribution >= 4 is 11.7 Å². The number of carbonyl (C=O) groups is 1. The molecule has 3 N–H and O–H groups in total. The minimum atomic E-state index is -0.00637. The van der Waals surface area contributed by atoms with Gasteiger partial charge in [-0.1, -0.05) is 0 Å². The third-order valence-electron chi connectivity index (χ3n) is 2.19. The van der Waals surface area contributed by atoms with Gasteiger partial charge in [-0.25, -0.2) is 9.97 Å². The van der Waals surface area contributed by atoms with Crippen molar-refractivity contribution in [1.29, 1.82) is 0 Å². The summed E-state index contributed by atoms with van der Waals surface area (Å²) >= 11 is 0. The molecule has 0 unspecified atom stereocenters. The van der Waals surface area contributed by atoms with E-state index in [2.05, 4.69) is 15.3 Å². The molecule has 1 heterocycles. The molecule has 18 heavy (non-hydrogen) atoms. The zero-order valence-corrected chi connectivity index (χ0v) is 11.4. The summed E-state index contributed by atoms with van der Waals surface area (Å²) in [6.07, 6.45) is 0. The van der Waals surface area contributed by atoms with E-state index in [0.29, 0.717) is 24.7 Å². The van der Waals surface area contributed by atoms with Gasteiger partial charge in [0.2, 0.25) is 5.91 Å². The SMILES string of the molecule is Cc1cc(N)nc(CN(C)CC(=O)NC(C)C)n1. The number of nitrogens with two attached hydrogens (primary N) is 1. The Morgan fingerprint density at radius 3 is 2.72 bits per heavy atom. The zero-order chi connectivity index (χ0) is 13.7. The van der Waals surface area contributed by atoms with Gasteiger partial charge in [0, 0.05) is 17.8 Å². The summed E-state index contributed by atoms with van der Waals surface area (Å²) in [5.41, 5.74) is 6.48. The van der Waals surface area contributed by atoms with Crippen molar-refractivity contribution in [3.63, 3.8) is 0 Å². The van der Waals surface area contributed by atoms with E-state index in [-0.39, 0.29) is 11.9 Å². The Morgan fingerprint density at radius 1 is 1.50 bits per heavy atom. The zero-order valence-electron chi connectivity index (χ0n) is 11.4. The lowest BCUT2D eigenvalue weighted by Crippen LogP contribution is -2.38. The highest BCUT2D eigenvalue weighted by molar-refractivity contribution is 5.78. The predicted octanol–water partition coefficient (Wildman–Crippen LogP) is 0.324.